The van der Waals surface area contributed by atoms with Gasteiger partial charge in [0.25, 0.3) is 0 Å². The lowest BCUT2D eigenvalue weighted by molar-refractivity contribution is -0.140. The molecule has 3 rings (SSSR count). The van der Waals surface area contributed by atoms with Crippen molar-refractivity contribution in [2.24, 2.45) is 5.92 Å². The number of rotatable bonds is 6. The van der Waals surface area contributed by atoms with Crippen LogP contribution < -0.4 is 0 Å². The Morgan fingerprint density at radius 3 is 2.81 bits per heavy atom. The molecule has 0 aliphatic carbocycles. The third-order valence-corrected chi connectivity index (χ3v) is 4.79. The highest BCUT2D eigenvalue weighted by Gasteiger charge is 2.27. The van der Waals surface area contributed by atoms with Gasteiger partial charge >= 0.3 is 5.97 Å². The molecule has 1 N–H and O–H groups in total. The van der Waals surface area contributed by atoms with E-state index in [1.54, 1.807) is 4.90 Å². The second-order valence-electron chi connectivity index (χ2n) is 6.81. The van der Waals surface area contributed by atoms with Crippen LogP contribution in [0.5, 0.6) is 0 Å². The maximum Gasteiger partial charge on any atom is 0.303 e. The van der Waals surface area contributed by atoms with E-state index in [1.165, 1.54) is 0 Å². The van der Waals surface area contributed by atoms with Gasteiger partial charge in [0.05, 0.1) is 23.4 Å². The zero-order chi connectivity index (χ0) is 18.7. The van der Waals surface area contributed by atoms with E-state index >= 15 is 0 Å². The zero-order valence-electron chi connectivity index (χ0n) is 15.1. The minimum absolute atomic E-state index is 0.0713. The van der Waals surface area contributed by atoms with Crippen molar-refractivity contribution in [3.63, 3.8) is 0 Å². The molecule has 1 fully saturated rings. The molecule has 0 spiro atoms. The molecule has 0 radical (unpaired) electrons. The molecule has 2 aromatic heterocycles. The number of carboxylic acid groups (broad SMARTS) is 1. The molecule has 1 atom stereocenters. The summed E-state index contributed by atoms with van der Waals surface area (Å²) < 4.78 is 5.23. The minimum Gasteiger partial charge on any atom is -0.481 e. The van der Waals surface area contributed by atoms with Gasteiger partial charge in [0.2, 0.25) is 5.91 Å². The first-order chi connectivity index (χ1) is 12.4. The van der Waals surface area contributed by atoms with Crippen LogP contribution in [0.1, 0.15) is 36.4 Å². The van der Waals surface area contributed by atoms with Crippen LogP contribution in [0, 0.1) is 19.8 Å². The summed E-state index contributed by atoms with van der Waals surface area (Å²) in [6.45, 7) is 5.13. The summed E-state index contributed by atoms with van der Waals surface area (Å²) in [5, 5.41) is 12.7. The summed E-state index contributed by atoms with van der Waals surface area (Å²) in [5.74, 6) is 0.0844. The zero-order valence-corrected chi connectivity index (χ0v) is 15.1. The first-order valence-corrected chi connectivity index (χ1v) is 8.82. The van der Waals surface area contributed by atoms with E-state index in [0.717, 1.165) is 41.2 Å². The largest absolute Gasteiger partial charge is 0.481 e. The SMILES string of the molecule is Cc1noc(C)c1-c1cccc(C[C@@H]2CCN(C(=O)CCC(=O)O)C2)n1. The summed E-state index contributed by atoms with van der Waals surface area (Å²) in [5.41, 5.74) is 3.59. The fourth-order valence-corrected chi connectivity index (χ4v) is 3.47. The van der Waals surface area contributed by atoms with Crippen molar-refractivity contribution in [3.05, 3.63) is 35.3 Å². The van der Waals surface area contributed by atoms with Gasteiger partial charge in [0.15, 0.2) is 0 Å². The van der Waals surface area contributed by atoms with E-state index in [9.17, 15) is 9.59 Å². The van der Waals surface area contributed by atoms with Crippen molar-refractivity contribution in [1.82, 2.24) is 15.0 Å². The Labute approximate surface area is 152 Å². The number of carbonyl (C=O) groups excluding carboxylic acids is 1. The molecule has 138 valence electrons. The van der Waals surface area contributed by atoms with Crippen LogP contribution in [0.4, 0.5) is 0 Å². The quantitative estimate of drug-likeness (QED) is 0.853. The molecule has 7 heteroatoms. The molecule has 0 aromatic carbocycles. The highest BCUT2D eigenvalue weighted by atomic mass is 16.5. The van der Waals surface area contributed by atoms with E-state index in [0.29, 0.717) is 19.0 Å². The highest BCUT2D eigenvalue weighted by molar-refractivity contribution is 5.80. The first-order valence-electron chi connectivity index (χ1n) is 8.82. The number of aliphatic carboxylic acids is 1. The van der Waals surface area contributed by atoms with Gasteiger partial charge in [-0.3, -0.25) is 14.6 Å². The van der Waals surface area contributed by atoms with Crippen LogP contribution in [0.25, 0.3) is 11.3 Å². The average molecular weight is 357 g/mol. The number of aromatic nitrogens is 2. The van der Waals surface area contributed by atoms with Gasteiger partial charge in [-0.05, 0) is 44.7 Å². The van der Waals surface area contributed by atoms with Crippen LogP contribution in [-0.4, -0.2) is 45.1 Å². The van der Waals surface area contributed by atoms with E-state index in [2.05, 4.69) is 5.16 Å². The topological polar surface area (TPSA) is 96.5 Å². The first kappa shape index (κ1) is 18.1. The Bertz CT molecular complexity index is 795. The van der Waals surface area contributed by atoms with Crippen LogP contribution >= 0.6 is 0 Å². The molecule has 2 aromatic rings. The molecule has 3 heterocycles. The lowest BCUT2D eigenvalue weighted by Crippen LogP contribution is -2.29. The van der Waals surface area contributed by atoms with Gasteiger partial charge in [-0.1, -0.05) is 11.2 Å². The van der Waals surface area contributed by atoms with E-state index in [1.807, 2.05) is 32.0 Å². The van der Waals surface area contributed by atoms with Crippen LogP contribution in [0.3, 0.4) is 0 Å². The molecular formula is C19H23N3O4. The Morgan fingerprint density at radius 2 is 2.12 bits per heavy atom. The number of amides is 1. The van der Waals surface area contributed by atoms with Crippen molar-refractivity contribution in [2.45, 2.75) is 39.5 Å². The molecule has 1 saturated heterocycles. The maximum atomic E-state index is 12.1. The molecule has 1 aliphatic heterocycles. The van der Waals surface area contributed by atoms with Crippen molar-refractivity contribution >= 4 is 11.9 Å². The summed E-state index contributed by atoms with van der Waals surface area (Å²) in [6, 6.07) is 5.93. The van der Waals surface area contributed by atoms with Gasteiger partial charge in [-0.2, -0.15) is 0 Å². The number of hydrogen-bond acceptors (Lipinski definition) is 5. The van der Waals surface area contributed by atoms with Crippen LogP contribution in [0.2, 0.25) is 0 Å². The summed E-state index contributed by atoms with van der Waals surface area (Å²) >= 11 is 0. The van der Waals surface area contributed by atoms with E-state index in [-0.39, 0.29) is 18.7 Å². The maximum absolute atomic E-state index is 12.1. The standard InChI is InChI=1S/C19H23N3O4/c1-12-19(13(2)26-21-12)16-5-3-4-15(20-16)10-14-8-9-22(11-14)17(23)6-7-18(24)25/h3-5,14H,6-11H2,1-2H3,(H,24,25)/t14-/m0/s1. The van der Waals surface area contributed by atoms with Gasteiger partial charge in [-0.15, -0.1) is 0 Å². The normalized spacial score (nSPS) is 16.8. The molecule has 26 heavy (non-hydrogen) atoms. The summed E-state index contributed by atoms with van der Waals surface area (Å²) in [6.07, 6.45) is 1.67. The molecule has 7 nitrogen and oxygen atoms in total. The lowest BCUT2D eigenvalue weighted by Gasteiger charge is -2.16. The number of pyridine rings is 1. The van der Waals surface area contributed by atoms with Gasteiger partial charge < -0.3 is 14.5 Å². The fraction of sp³-hybridized carbons (Fsp3) is 0.474. The van der Waals surface area contributed by atoms with Crippen molar-refractivity contribution < 1.29 is 19.2 Å². The molecule has 1 amide bonds. The second-order valence-corrected chi connectivity index (χ2v) is 6.81. The predicted molar refractivity (Wildman–Crippen MR) is 94.5 cm³/mol. The third-order valence-electron chi connectivity index (χ3n) is 4.79. The van der Waals surface area contributed by atoms with Crippen LogP contribution in [0.15, 0.2) is 22.7 Å². The smallest absolute Gasteiger partial charge is 0.303 e. The Morgan fingerprint density at radius 1 is 1.31 bits per heavy atom. The Balaban J connectivity index is 1.63. The number of likely N-dealkylation sites (tertiary alicyclic amines) is 1. The van der Waals surface area contributed by atoms with Gasteiger partial charge in [0, 0.05) is 25.2 Å². The van der Waals surface area contributed by atoms with Crippen molar-refractivity contribution in [3.8, 4) is 11.3 Å². The minimum atomic E-state index is -0.936. The molecule has 0 unspecified atom stereocenters. The Hall–Kier alpha value is -2.70. The number of hydrogen-bond donors (Lipinski definition) is 1. The van der Waals surface area contributed by atoms with Crippen molar-refractivity contribution in [2.75, 3.05) is 13.1 Å². The average Bonchev–Trinajstić information content (AvgIpc) is 3.19. The monoisotopic (exact) mass is 357 g/mol. The molecular weight excluding hydrogens is 334 g/mol. The lowest BCUT2D eigenvalue weighted by atomic mass is 10.0. The predicted octanol–water partition coefficient (Wildman–Crippen LogP) is 2.61. The third kappa shape index (κ3) is 4.09. The number of carbonyl (C=O) groups is 2. The summed E-state index contributed by atoms with van der Waals surface area (Å²) in [4.78, 5) is 29.2. The number of aryl methyl sites for hydroxylation is 2. The highest BCUT2D eigenvalue weighted by Crippen LogP contribution is 2.26. The Kier molecular flexibility index (Phi) is 5.35. The number of nitrogens with zero attached hydrogens (tertiary/aromatic N) is 3. The fourth-order valence-electron chi connectivity index (χ4n) is 3.47. The van der Waals surface area contributed by atoms with E-state index < -0.39 is 5.97 Å². The molecule has 0 saturated carbocycles. The second kappa shape index (κ2) is 7.68. The van der Waals surface area contributed by atoms with Crippen LogP contribution in [-0.2, 0) is 16.0 Å². The van der Waals surface area contributed by atoms with E-state index in [4.69, 9.17) is 14.6 Å². The molecule has 1 aliphatic rings. The molecule has 0 bridgehead atoms. The van der Waals surface area contributed by atoms with Gasteiger partial charge in [-0.25, -0.2) is 0 Å². The van der Waals surface area contributed by atoms with Crippen molar-refractivity contribution in [1.29, 1.82) is 0 Å². The summed E-state index contributed by atoms with van der Waals surface area (Å²) in [7, 11) is 0. The van der Waals surface area contributed by atoms with Gasteiger partial charge in [0.1, 0.15) is 5.76 Å². The number of carboxylic acids is 1.